The van der Waals surface area contributed by atoms with Crippen molar-refractivity contribution >= 4 is 40.6 Å². The van der Waals surface area contributed by atoms with Gasteiger partial charge >= 0.3 is 5.97 Å². The second-order valence-corrected chi connectivity index (χ2v) is 7.35. The first-order valence-electron chi connectivity index (χ1n) is 9.31. The van der Waals surface area contributed by atoms with Crippen LogP contribution in [-0.4, -0.2) is 37.4 Å². The van der Waals surface area contributed by atoms with Gasteiger partial charge in [-0.25, -0.2) is 9.79 Å². The van der Waals surface area contributed by atoms with Crippen LogP contribution in [0.5, 0.6) is 11.5 Å². The molecule has 156 valence electrons. The lowest BCUT2D eigenvalue weighted by Crippen LogP contribution is -2.19. The van der Waals surface area contributed by atoms with E-state index < -0.39 is 5.97 Å². The standard InChI is InChI=1S/C22H22N2O5S/c1-4-28-20(25)13-29-16-8-6-15(7-9-16)12-19-21(26)24-22(30-19)23-17-11-14(2)5-10-18(17)27-3/h5-12H,4,13H2,1-3H3,(H,23,24,26)/b19-12-. The summed E-state index contributed by atoms with van der Waals surface area (Å²) in [6, 6.07) is 12.8. The number of carbonyl (C=O) groups excluding carboxylic acids is 2. The summed E-state index contributed by atoms with van der Waals surface area (Å²) >= 11 is 1.26. The third kappa shape index (κ3) is 5.64. The Kier molecular flexibility index (Phi) is 7.13. The van der Waals surface area contributed by atoms with Gasteiger partial charge in [-0.05, 0) is 67.1 Å². The Morgan fingerprint density at radius 3 is 2.67 bits per heavy atom. The lowest BCUT2D eigenvalue weighted by molar-refractivity contribution is -0.145. The molecule has 7 nitrogen and oxygen atoms in total. The van der Waals surface area contributed by atoms with E-state index in [1.807, 2.05) is 25.1 Å². The van der Waals surface area contributed by atoms with E-state index in [-0.39, 0.29) is 12.5 Å². The van der Waals surface area contributed by atoms with Crippen LogP contribution in [0, 0.1) is 6.92 Å². The maximum absolute atomic E-state index is 12.3. The molecule has 0 spiro atoms. The van der Waals surface area contributed by atoms with E-state index in [1.54, 1.807) is 44.4 Å². The number of ether oxygens (including phenoxy) is 3. The van der Waals surface area contributed by atoms with Crippen LogP contribution in [0.4, 0.5) is 5.69 Å². The van der Waals surface area contributed by atoms with Gasteiger partial charge in [0.2, 0.25) is 0 Å². The Balaban J connectivity index is 1.69. The monoisotopic (exact) mass is 426 g/mol. The van der Waals surface area contributed by atoms with Gasteiger partial charge in [0.1, 0.15) is 17.2 Å². The van der Waals surface area contributed by atoms with Gasteiger partial charge in [-0.15, -0.1) is 0 Å². The van der Waals surface area contributed by atoms with Gasteiger partial charge in [0.25, 0.3) is 5.91 Å². The van der Waals surface area contributed by atoms with Crippen LogP contribution in [0.3, 0.4) is 0 Å². The lowest BCUT2D eigenvalue weighted by atomic mass is 10.2. The fraction of sp³-hybridized carbons (Fsp3) is 0.227. The van der Waals surface area contributed by atoms with E-state index in [0.29, 0.717) is 33.9 Å². The first-order chi connectivity index (χ1) is 14.5. The Hall–Kier alpha value is -3.26. The molecule has 1 heterocycles. The summed E-state index contributed by atoms with van der Waals surface area (Å²) in [6.07, 6.45) is 1.77. The molecule has 0 atom stereocenters. The third-order valence-corrected chi connectivity index (χ3v) is 4.96. The summed E-state index contributed by atoms with van der Waals surface area (Å²) in [5.74, 6) is 0.550. The fourth-order valence-electron chi connectivity index (χ4n) is 2.63. The molecular weight excluding hydrogens is 404 g/mol. The Bertz CT molecular complexity index is 999. The van der Waals surface area contributed by atoms with Crippen molar-refractivity contribution in [1.29, 1.82) is 0 Å². The molecule has 3 rings (SSSR count). The number of methoxy groups -OCH3 is 1. The highest BCUT2D eigenvalue weighted by Gasteiger charge is 2.24. The highest BCUT2D eigenvalue weighted by Crippen LogP contribution is 2.33. The lowest BCUT2D eigenvalue weighted by Gasteiger charge is -2.06. The highest BCUT2D eigenvalue weighted by atomic mass is 32.2. The molecule has 0 radical (unpaired) electrons. The largest absolute Gasteiger partial charge is 0.494 e. The summed E-state index contributed by atoms with van der Waals surface area (Å²) < 4.78 is 15.5. The zero-order valence-electron chi connectivity index (χ0n) is 16.9. The van der Waals surface area contributed by atoms with Gasteiger partial charge in [0.05, 0.1) is 18.6 Å². The quantitative estimate of drug-likeness (QED) is 0.535. The van der Waals surface area contributed by atoms with Crippen molar-refractivity contribution in [1.82, 2.24) is 5.32 Å². The molecule has 0 aliphatic carbocycles. The maximum Gasteiger partial charge on any atom is 0.344 e. The van der Waals surface area contributed by atoms with Crippen LogP contribution in [0.25, 0.3) is 6.08 Å². The molecule has 1 fully saturated rings. The second kappa shape index (κ2) is 9.98. The predicted octanol–water partition coefficient (Wildman–Crippen LogP) is 3.84. The molecular formula is C22H22N2O5S. The number of hydrogen-bond donors (Lipinski definition) is 1. The van der Waals surface area contributed by atoms with Crippen LogP contribution >= 0.6 is 11.8 Å². The maximum atomic E-state index is 12.3. The average molecular weight is 426 g/mol. The van der Waals surface area contributed by atoms with Crippen molar-refractivity contribution < 1.29 is 23.8 Å². The summed E-state index contributed by atoms with van der Waals surface area (Å²) in [5.41, 5.74) is 2.53. The summed E-state index contributed by atoms with van der Waals surface area (Å²) in [4.78, 5) is 28.7. The summed E-state index contributed by atoms with van der Waals surface area (Å²) in [7, 11) is 1.58. The molecule has 0 unspecified atom stereocenters. The molecule has 8 heteroatoms. The van der Waals surface area contributed by atoms with Gasteiger partial charge in [-0.1, -0.05) is 18.2 Å². The van der Waals surface area contributed by atoms with Crippen molar-refractivity contribution in [3.63, 3.8) is 0 Å². The minimum Gasteiger partial charge on any atom is -0.494 e. The van der Waals surface area contributed by atoms with E-state index in [2.05, 4.69) is 10.3 Å². The summed E-state index contributed by atoms with van der Waals surface area (Å²) in [6.45, 7) is 3.88. The van der Waals surface area contributed by atoms with Gasteiger partial charge in [-0.2, -0.15) is 0 Å². The van der Waals surface area contributed by atoms with Gasteiger partial charge in [0.15, 0.2) is 11.8 Å². The number of nitrogens with one attached hydrogen (secondary N) is 1. The Morgan fingerprint density at radius 2 is 1.97 bits per heavy atom. The first kappa shape index (κ1) is 21.4. The van der Waals surface area contributed by atoms with Crippen LogP contribution in [-0.2, 0) is 14.3 Å². The molecule has 0 bridgehead atoms. The number of amidine groups is 1. The van der Waals surface area contributed by atoms with Crippen molar-refractivity contribution in [2.24, 2.45) is 4.99 Å². The number of aryl methyl sites for hydroxylation is 1. The molecule has 1 amide bonds. The topological polar surface area (TPSA) is 86.2 Å². The van der Waals surface area contributed by atoms with Crippen LogP contribution in [0.2, 0.25) is 0 Å². The van der Waals surface area contributed by atoms with E-state index in [1.165, 1.54) is 11.8 Å². The van der Waals surface area contributed by atoms with Crippen molar-refractivity contribution in [2.45, 2.75) is 13.8 Å². The number of rotatable bonds is 7. The number of nitrogens with zero attached hydrogens (tertiary/aromatic N) is 1. The van der Waals surface area contributed by atoms with Crippen LogP contribution in [0.1, 0.15) is 18.1 Å². The number of carbonyl (C=O) groups is 2. The second-order valence-electron chi connectivity index (χ2n) is 6.32. The van der Waals surface area contributed by atoms with Gasteiger partial charge in [0, 0.05) is 0 Å². The number of aliphatic imine (C=N–C) groups is 1. The SMILES string of the molecule is CCOC(=O)COc1ccc(/C=C2\SC(=Nc3cc(C)ccc3OC)NC2=O)cc1. The molecule has 1 N–H and O–H groups in total. The Morgan fingerprint density at radius 1 is 1.20 bits per heavy atom. The number of benzene rings is 2. The molecule has 2 aromatic carbocycles. The van der Waals surface area contributed by atoms with E-state index in [0.717, 1.165) is 11.1 Å². The minimum atomic E-state index is -0.417. The fourth-order valence-corrected chi connectivity index (χ4v) is 3.47. The molecule has 0 saturated carbocycles. The number of thioether (sulfide) groups is 1. The molecule has 1 aliphatic rings. The van der Waals surface area contributed by atoms with E-state index in [9.17, 15) is 9.59 Å². The molecule has 1 aliphatic heterocycles. The molecule has 30 heavy (non-hydrogen) atoms. The number of hydrogen-bond acceptors (Lipinski definition) is 7. The van der Waals surface area contributed by atoms with E-state index in [4.69, 9.17) is 14.2 Å². The van der Waals surface area contributed by atoms with Crippen LogP contribution in [0.15, 0.2) is 52.4 Å². The molecule has 0 aromatic heterocycles. The van der Waals surface area contributed by atoms with Crippen molar-refractivity contribution in [3.8, 4) is 11.5 Å². The van der Waals surface area contributed by atoms with Crippen molar-refractivity contribution in [2.75, 3.05) is 20.3 Å². The van der Waals surface area contributed by atoms with Gasteiger partial charge < -0.3 is 19.5 Å². The predicted molar refractivity (Wildman–Crippen MR) is 117 cm³/mol. The normalized spacial score (nSPS) is 15.9. The molecule has 1 saturated heterocycles. The third-order valence-electron chi connectivity index (χ3n) is 4.05. The number of amides is 1. The Labute approximate surface area is 179 Å². The van der Waals surface area contributed by atoms with E-state index >= 15 is 0 Å². The zero-order valence-corrected chi connectivity index (χ0v) is 17.7. The van der Waals surface area contributed by atoms with Gasteiger partial charge in [-0.3, -0.25) is 4.79 Å². The minimum absolute atomic E-state index is 0.144. The van der Waals surface area contributed by atoms with Crippen LogP contribution < -0.4 is 14.8 Å². The highest BCUT2D eigenvalue weighted by molar-refractivity contribution is 8.18. The summed E-state index contributed by atoms with van der Waals surface area (Å²) in [5, 5.41) is 3.26. The zero-order chi connectivity index (χ0) is 21.5. The first-order valence-corrected chi connectivity index (χ1v) is 10.1. The molecule has 2 aromatic rings. The number of esters is 1. The average Bonchev–Trinajstić information content (AvgIpc) is 3.06. The smallest absolute Gasteiger partial charge is 0.344 e. The van der Waals surface area contributed by atoms with Crippen molar-refractivity contribution in [3.05, 3.63) is 58.5 Å².